The monoisotopic (exact) mass is 155 g/mol. The van der Waals surface area contributed by atoms with E-state index in [4.69, 9.17) is 10.4 Å². The van der Waals surface area contributed by atoms with Gasteiger partial charge < -0.3 is 9.84 Å². The molecule has 0 bridgehead atoms. The standard InChI is InChI=1S/C7H9NO3/c8-4-1-3-7(10)11-6-2-5-9/h1,3,9H,2,5-6H2. The predicted octanol–water partition coefficient (Wildman–Crippen LogP) is -0.00822. The fourth-order valence-electron chi connectivity index (χ4n) is 0.391. The summed E-state index contributed by atoms with van der Waals surface area (Å²) in [6, 6.07) is 1.66. The number of nitrogens with zero attached hydrogens (tertiary/aromatic N) is 1. The Hall–Kier alpha value is -1.34. The van der Waals surface area contributed by atoms with E-state index in [1.807, 2.05) is 0 Å². The Balaban J connectivity index is 3.39. The third kappa shape index (κ3) is 6.55. The van der Waals surface area contributed by atoms with Crippen molar-refractivity contribution in [1.82, 2.24) is 0 Å². The SMILES string of the molecule is N#CC=CC(=O)OCCCO. The number of carbonyl (C=O) groups is 1. The van der Waals surface area contributed by atoms with Crippen LogP contribution in [-0.4, -0.2) is 24.3 Å². The molecule has 0 radical (unpaired) electrons. The molecule has 0 aliphatic carbocycles. The quantitative estimate of drug-likeness (QED) is 0.268. The number of nitriles is 1. The summed E-state index contributed by atoms with van der Waals surface area (Å²) >= 11 is 0. The van der Waals surface area contributed by atoms with E-state index in [9.17, 15) is 4.79 Å². The lowest BCUT2D eigenvalue weighted by Crippen LogP contribution is -2.03. The molecule has 0 saturated carbocycles. The minimum atomic E-state index is -0.556. The Bertz CT molecular complexity index is 181. The number of aliphatic hydroxyl groups excluding tert-OH is 1. The van der Waals surface area contributed by atoms with E-state index in [1.54, 1.807) is 6.07 Å². The van der Waals surface area contributed by atoms with Gasteiger partial charge in [0.2, 0.25) is 0 Å². The second-order valence-corrected chi connectivity index (χ2v) is 1.71. The van der Waals surface area contributed by atoms with Crippen molar-refractivity contribution in [3.63, 3.8) is 0 Å². The van der Waals surface area contributed by atoms with Gasteiger partial charge in [0.25, 0.3) is 0 Å². The largest absolute Gasteiger partial charge is 0.462 e. The highest BCUT2D eigenvalue weighted by Gasteiger charge is 1.93. The molecule has 1 N–H and O–H groups in total. The maximum Gasteiger partial charge on any atom is 0.331 e. The normalized spacial score (nSPS) is 9.45. The first-order valence-corrected chi connectivity index (χ1v) is 3.15. The van der Waals surface area contributed by atoms with Gasteiger partial charge in [-0.15, -0.1) is 0 Å². The molecule has 60 valence electrons. The molecule has 0 saturated heterocycles. The van der Waals surface area contributed by atoms with Crippen molar-refractivity contribution in [3.05, 3.63) is 12.2 Å². The maximum absolute atomic E-state index is 10.5. The topological polar surface area (TPSA) is 70.3 Å². The van der Waals surface area contributed by atoms with E-state index in [1.165, 1.54) is 0 Å². The van der Waals surface area contributed by atoms with Crippen LogP contribution in [0.3, 0.4) is 0 Å². The summed E-state index contributed by atoms with van der Waals surface area (Å²) in [4.78, 5) is 10.5. The average Bonchev–Trinajstić information content (AvgIpc) is 2.01. The van der Waals surface area contributed by atoms with E-state index < -0.39 is 5.97 Å². The molecule has 11 heavy (non-hydrogen) atoms. The zero-order chi connectivity index (χ0) is 8.53. The summed E-state index contributed by atoms with van der Waals surface area (Å²) in [5.41, 5.74) is 0. The van der Waals surface area contributed by atoms with Gasteiger partial charge in [0.15, 0.2) is 0 Å². The lowest BCUT2D eigenvalue weighted by Gasteiger charge is -1.97. The molecule has 0 atom stereocenters. The van der Waals surface area contributed by atoms with Crippen LogP contribution < -0.4 is 0 Å². The minimum absolute atomic E-state index is 0.00472. The number of esters is 1. The summed E-state index contributed by atoms with van der Waals surface area (Å²) in [5, 5.41) is 16.3. The van der Waals surface area contributed by atoms with Crippen LogP contribution in [0, 0.1) is 11.3 Å². The first kappa shape index (κ1) is 9.66. The molecule has 0 aromatic rings. The number of ether oxygens (including phenoxy) is 1. The summed E-state index contributed by atoms with van der Waals surface area (Å²) in [6.07, 6.45) is 2.50. The van der Waals surface area contributed by atoms with Crippen molar-refractivity contribution in [2.45, 2.75) is 6.42 Å². The van der Waals surface area contributed by atoms with Crippen molar-refractivity contribution in [1.29, 1.82) is 5.26 Å². The molecule has 0 amide bonds. The van der Waals surface area contributed by atoms with Crippen LogP contribution in [0.25, 0.3) is 0 Å². The van der Waals surface area contributed by atoms with E-state index in [0.29, 0.717) is 6.42 Å². The maximum atomic E-state index is 10.5. The van der Waals surface area contributed by atoms with Crippen LogP contribution in [0.5, 0.6) is 0 Å². The average molecular weight is 155 g/mol. The first-order chi connectivity index (χ1) is 5.31. The number of rotatable bonds is 4. The van der Waals surface area contributed by atoms with Crippen molar-refractivity contribution < 1.29 is 14.6 Å². The summed E-state index contributed by atoms with van der Waals surface area (Å²) in [7, 11) is 0. The summed E-state index contributed by atoms with van der Waals surface area (Å²) in [6.45, 7) is 0.181. The Morgan fingerprint density at radius 3 is 3.00 bits per heavy atom. The van der Waals surface area contributed by atoms with Crippen LogP contribution in [-0.2, 0) is 9.53 Å². The van der Waals surface area contributed by atoms with Gasteiger partial charge in [-0.1, -0.05) is 0 Å². The Labute approximate surface area is 64.7 Å². The van der Waals surface area contributed by atoms with E-state index >= 15 is 0 Å². The molecular weight excluding hydrogens is 146 g/mol. The lowest BCUT2D eigenvalue weighted by atomic mass is 10.5. The highest BCUT2D eigenvalue weighted by Crippen LogP contribution is 1.84. The molecule has 0 aliphatic rings. The van der Waals surface area contributed by atoms with Gasteiger partial charge >= 0.3 is 5.97 Å². The third-order valence-electron chi connectivity index (χ3n) is 0.841. The van der Waals surface area contributed by atoms with E-state index in [2.05, 4.69) is 4.74 Å². The number of hydrogen-bond donors (Lipinski definition) is 1. The summed E-state index contributed by atoms with van der Waals surface area (Å²) in [5.74, 6) is -0.556. The van der Waals surface area contributed by atoms with Gasteiger partial charge in [-0.25, -0.2) is 4.79 Å². The molecule has 4 nitrogen and oxygen atoms in total. The predicted molar refractivity (Wildman–Crippen MR) is 37.4 cm³/mol. The van der Waals surface area contributed by atoms with Gasteiger partial charge in [-0.2, -0.15) is 5.26 Å². The van der Waals surface area contributed by atoms with Crippen LogP contribution >= 0.6 is 0 Å². The number of aliphatic hydroxyl groups is 1. The highest BCUT2D eigenvalue weighted by molar-refractivity contribution is 5.82. The zero-order valence-corrected chi connectivity index (χ0v) is 5.99. The van der Waals surface area contributed by atoms with Gasteiger partial charge in [0.05, 0.1) is 12.7 Å². The highest BCUT2D eigenvalue weighted by atomic mass is 16.5. The Morgan fingerprint density at radius 2 is 2.45 bits per heavy atom. The molecule has 0 unspecified atom stereocenters. The molecule has 0 aromatic heterocycles. The molecular formula is C7H9NO3. The molecule has 0 aromatic carbocycles. The number of allylic oxidation sites excluding steroid dienone is 1. The fraction of sp³-hybridized carbons (Fsp3) is 0.429. The van der Waals surface area contributed by atoms with Crippen LogP contribution in [0.15, 0.2) is 12.2 Å². The van der Waals surface area contributed by atoms with Crippen molar-refractivity contribution in [2.75, 3.05) is 13.2 Å². The lowest BCUT2D eigenvalue weighted by molar-refractivity contribution is -0.138. The van der Waals surface area contributed by atoms with Crippen molar-refractivity contribution >= 4 is 5.97 Å². The molecule has 4 heteroatoms. The Kier molecular flexibility index (Phi) is 5.95. The van der Waals surface area contributed by atoms with Crippen molar-refractivity contribution in [3.8, 4) is 6.07 Å². The Morgan fingerprint density at radius 1 is 1.73 bits per heavy atom. The van der Waals surface area contributed by atoms with E-state index in [0.717, 1.165) is 12.2 Å². The molecule has 0 heterocycles. The second-order valence-electron chi connectivity index (χ2n) is 1.71. The zero-order valence-electron chi connectivity index (χ0n) is 5.99. The van der Waals surface area contributed by atoms with Gasteiger partial charge in [0, 0.05) is 25.2 Å². The van der Waals surface area contributed by atoms with Gasteiger partial charge in [-0.05, 0) is 0 Å². The van der Waals surface area contributed by atoms with Crippen LogP contribution in [0.2, 0.25) is 0 Å². The fourth-order valence-corrected chi connectivity index (χ4v) is 0.391. The van der Waals surface area contributed by atoms with Crippen LogP contribution in [0.1, 0.15) is 6.42 Å². The van der Waals surface area contributed by atoms with Gasteiger partial charge in [0.1, 0.15) is 0 Å². The van der Waals surface area contributed by atoms with Crippen molar-refractivity contribution in [2.24, 2.45) is 0 Å². The summed E-state index contributed by atoms with van der Waals surface area (Å²) < 4.78 is 4.55. The number of carbonyl (C=O) groups excluding carboxylic acids is 1. The molecule has 0 fully saturated rings. The first-order valence-electron chi connectivity index (χ1n) is 3.15. The molecule has 0 aliphatic heterocycles. The van der Waals surface area contributed by atoms with Gasteiger partial charge in [-0.3, -0.25) is 0 Å². The minimum Gasteiger partial charge on any atom is -0.462 e. The number of hydrogen-bond acceptors (Lipinski definition) is 4. The van der Waals surface area contributed by atoms with Crippen LogP contribution in [0.4, 0.5) is 0 Å². The third-order valence-corrected chi connectivity index (χ3v) is 0.841. The van der Waals surface area contributed by atoms with E-state index in [-0.39, 0.29) is 13.2 Å². The molecule has 0 spiro atoms. The second kappa shape index (κ2) is 6.78. The smallest absolute Gasteiger partial charge is 0.331 e. The molecule has 0 rings (SSSR count).